The lowest BCUT2D eigenvalue weighted by Gasteiger charge is -2.21. The Morgan fingerprint density at radius 1 is 0.963 bits per heavy atom. The molecule has 1 aromatic carbocycles. The summed E-state index contributed by atoms with van der Waals surface area (Å²) in [6.45, 7) is 6.76. The van der Waals surface area contributed by atoms with Gasteiger partial charge < -0.3 is 15.0 Å². The second-order valence-electron chi connectivity index (χ2n) is 8.57. The maximum Gasteiger partial charge on any atom is 0.119 e. The van der Waals surface area contributed by atoms with Crippen molar-refractivity contribution in [2.24, 2.45) is 5.92 Å². The van der Waals surface area contributed by atoms with Gasteiger partial charge >= 0.3 is 0 Å². The van der Waals surface area contributed by atoms with Crippen molar-refractivity contribution in [1.82, 2.24) is 10.2 Å². The summed E-state index contributed by atoms with van der Waals surface area (Å²) < 4.78 is 6.00. The van der Waals surface area contributed by atoms with Crippen LogP contribution in [0.25, 0.3) is 0 Å². The number of unbranched alkanes of at least 4 members (excludes halogenated alkanes) is 1. The van der Waals surface area contributed by atoms with Gasteiger partial charge in [-0.25, -0.2) is 0 Å². The topological polar surface area (TPSA) is 24.5 Å². The molecule has 1 saturated carbocycles. The Bertz CT molecular complexity index is 507. The lowest BCUT2D eigenvalue weighted by atomic mass is 9.86. The molecule has 3 nitrogen and oxygen atoms in total. The van der Waals surface area contributed by atoms with Gasteiger partial charge in [-0.2, -0.15) is 0 Å². The zero-order valence-corrected chi connectivity index (χ0v) is 17.3. The van der Waals surface area contributed by atoms with Gasteiger partial charge in [0.1, 0.15) is 5.75 Å². The molecular formula is C24H40N2O. The van der Waals surface area contributed by atoms with Crippen molar-refractivity contribution >= 4 is 0 Å². The highest BCUT2D eigenvalue weighted by Gasteiger charge is 2.12. The van der Waals surface area contributed by atoms with Gasteiger partial charge in [-0.05, 0) is 81.9 Å². The molecular weight excluding hydrogens is 332 g/mol. The lowest BCUT2D eigenvalue weighted by molar-refractivity contribution is 0.283. The maximum absolute atomic E-state index is 6.00. The summed E-state index contributed by atoms with van der Waals surface area (Å²) in [5.41, 5.74) is 1.33. The van der Waals surface area contributed by atoms with E-state index >= 15 is 0 Å². The molecule has 0 amide bonds. The molecule has 0 bridgehead atoms. The first-order valence-electron chi connectivity index (χ1n) is 11.5. The zero-order valence-electron chi connectivity index (χ0n) is 17.3. The van der Waals surface area contributed by atoms with E-state index in [1.54, 1.807) is 0 Å². The minimum atomic E-state index is 0.861. The van der Waals surface area contributed by atoms with Crippen LogP contribution in [0, 0.1) is 5.92 Å². The SMILES string of the molecule is c1cc(CNCCCN2CCCC2)cc(OCCCCC2CCCCC2)c1. The second-order valence-corrected chi connectivity index (χ2v) is 8.57. The van der Waals surface area contributed by atoms with Gasteiger partial charge in [-0.1, -0.05) is 50.7 Å². The number of rotatable bonds is 12. The molecule has 1 N–H and O–H groups in total. The quantitative estimate of drug-likeness (QED) is 0.498. The third kappa shape index (κ3) is 8.23. The zero-order chi connectivity index (χ0) is 18.6. The minimum absolute atomic E-state index is 0.861. The van der Waals surface area contributed by atoms with Crippen LogP contribution in [0.15, 0.2) is 24.3 Å². The molecule has 0 spiro atoms. The minimum Gasteiger partial charge on any atom is -0.494 e. The van der Waals surface area contributed by atoms with Crippen LogP contribution in [-0.2, 0) is 6.54 Å². The predicted octanol–water partition coefficient (Wildman–Crippen LogP) is 5.39. The van der Waals surface area contributed by atoms with E-state index in [4.69, 9.17) is 4.74 Å². The van der Waals surface area contributed by atoms with Gasteiger partial charge in [-0.3, -0.25) is 0 Å². The Balaban J connectivity index is 1.23. The van der Waals surface area contributed by atoms with Crippen molar-refractivity contribution in [1.29, 1.82) is 0 Å². The molecule has 1 saturated heterocycles. The van der Waals surface area contributed by atoms with E-state index in [2.05, 4.69) is 34.5 Å². The Hall–Kier alpha value is -1.06. The molecule has 0 atom stereocenters. The van der Waals surface area contributed by atoms with Crippen LogP contribution in [0.4, 0.5) is 0 Å². The lowest BCUT2D eigenvalue weighted by Crippen LogP contribution is -2.24. The molecule has 1 heterocycles. The summed E-state index contributed by atoms with van der Waals surface area (Å²) in [4.78, 5) is 2.59. The summed E-state index contributed by atoms with van der Waals surface area (Å²) in [5, 5.41) is 3.58. The van der Waals surface area contributed by atoms with Crippen LogP contribution in [0.1, 0.15) is 76.2 Å². The van der Waals surface area contributed by atoms with Gasteiger partial charge in [0.2, 0.25) is 0 Å². The molecule has 0 unspecified atom stereocenters. The summed E-state index contributed by atoms with van der Waals surface area (Å²) in [5.74, 6) is 2.03. The normalized spacial score (nSPS) is 18.8. The van der Waals surface area contributed by atoms with E-state index in [9.17, 15) is 0 Å². The molecule has 152 valence electrons. The van der Waals surface area contributed by atoms with E-state index in [0.717, 1.165) is 31.4 Å². The number of nitrogens with zero attached hydrogens (tertiary/aromatic N) is 1. The van der Waals surface area contributed by atoms with E-state index in [1.165, 1.54) is 95.8 Å². The number of ether oxygens (including phenoxy) is 1. The smallest absolute Gasteiger partial charge is 0.119 e. The molecule has 3 rings (SSSR count). The maximum atomic E-state index is 6.00. The Morgan fingerprint density at radius 2 is 1.81 bits per heavy atom. The standard InChI is InChI=1S/C24H40N2O/c1-2-10-22(11-3-1)12-4-7-19-27-24-14-8-13-23(20-24)21-25-15-9-18-26-16-5-6-17-26/h8,13-14,20,22,25H,1-7,9-12,15-19,21H2. The molecule has 1 aliphatic heterocycles. The van der Waals surface area contributed by atoms with Crippen molar-refractivity contribution in [2.75, 3.05) is 32.8 Å². The Kier molecular flexibility index (Phi) is 9.50. The molecule has 2 aliphatic rings. The predicted molar refractivity (Wildman–Crippen MR) is 114 cm³/mol. The Labute approximate surface area is 166 Å². The molecule has 27 heavy (non-hydrogen) atoms. The third-order valence-electron chi connectivity index (χ3n) is 6.25. The number of hydrogen-bond donors (Lipinski definition) is 1. The van der Waals surface area contributed by atoms with Gasteiger partial charge in [0.15, 0.2) is 0 Å². The van der Waals surface area contributed by atoms with Crippen LogP contribution < -0.4 is 10.1 Å². The summed E-state index contributed by atoms with van der Waals surface area (Å²) in [6.07, 6.45) is 15.3. The van der Waals surface area contributed by atoms with E-state index in [1.807, 2.05) is 0 Å². The Morgan fingerprint density at radius 3 is 2.67 bits per heavy atom. The molecule has 0 aromatic heterocycles. The van der Waals surface area contributed by atoms with Crippen molar-refractivity contribution in [3.63, 3.8) is 0 Å². The molecule has 0 radical (unpaired) electrons. The van der Waals surface area contributed by atoms with Crippen LogP contribution in [0.3, 0.4) is 0 Å². The first kappa shape index (κ1) is 20.7. The largest absolute Gasteiger partial charge is 0.494 e. The summed E-state index contributed by atoms with van der Waals surface area (Å²) >= 11 is 0. The number of benzene rings is 1. The van der Waals surface area contributed by atoms with Crippen LogP contribution in [0.5, 0.6) is 5.75 Å². The van der Waals surface area contributed by atoms with Gasteiger partial charge in [0.25, 0.3) is 0 Å². The van der Waals surface area contributed by atoms with Crippen molar-refractivity contribution in [3.8, 4) is 5.75 Å². The molecule has 1 aromatic rings. The fourth-order valence-electron chi connectivity index (χ4n) is 4.61. The van der Waals surface area contributed by atoms with Crippen molar-refractivity contribution < 1.29 is 4.74 Å². The highest BCUT2D eigenvalue weighted by atomic mass is 16.5. The highest BCUT2D eigenvalue weighted by molar-refractivity contribution is 5.28. The molecule has 3 heteroatoms. The second kappa shape index (κ2) is 12.4. The number of likely N-dealkylation sites (tertiary alicyclic amines) is 1. The first-order chi connectivity index (χ1) is 13.4. The fourth-order valence-corrected chi connectivity index (χ4v) is 4.61. The number of hydrogen-bond acceptors (Lipinski definition) is 3. The van der Waals surface area contributed by atoms with Crippen molar-refractivity contribution in [3.05, 3.63) is 29.8 Å². The average Bonchev–Trinajstić information content (AvgIpc) is 3.22. The number of nitrogens with one attached hydrogen (secondary N) is 1. The van der Waals surface area contributed by atoms with Gasteiger partial charge in [0, 0.05) is 6.54 Å². The van der Waals surface area contributed by atoms with E-state index < -0.39 is 0 Å². The molecule has 2 fully saturated rings. The highest BCUT2D eigenvalue weighted by Crippen LogP contribution is 2.27. The van der Waals surface area contributed by atoms with Crippen LogP contribution in [0.2, 0.25) is 0 Å². The van der Waals surface area contributed by atoms with Crippen LogP contribution >= 0.6 is 0 Å². The fraction of sp³-hybridized carbons (Fsp3) is 0.750. The van der Waals surface area contributed by atoms with E-state index in [0.29, 0.717) is 0 Å². The summed E-state index contributed by atoms with van der Waals surface area (Å²) in [7, 11) is 0. The first-order valence-corrected chi connectivity index (χ1v) is 11.5. The monoisotopic (exact) mass is 372 g/mol. The average molecular weight is 373 g/mol. The van der Waals surface area contributed by atoms with Crippen LogP contribution in [-0.4, -0.2) is 37.7 Å². The van der Waals surface area contributed by atoms with E-state index in [-0.39, 0.29) is 0 Å². The third-order valence-corrected chi connectivity index (χ3v) is 6.25. The summed E-state index contributed by atoms with van der Waals surface area (Å²) in [6, 6.07) is 8.62. The van der Waals surface area contributed by atoms with Gasteiger partial charge in [-0.15, -0.1) is 0 Å². The molecule has 1 aliphatic carbocycles. The van der Waals surface area contributed by atoms with Gasteiger partial charge in [0.05, 0.1) is 6.61 Å². The van der Waals surface area contributed by atoms with Crippen molar-refractivity contribution in [2.45, 2.75) is 77.2 Å².